The zero-order valence-electron chi connectivity index (χ0n) is 11.4. The van der Waals surface area contributed by atoms with Gasteiger partial charge < -0.3 is 16.2 Å². The van der Waals surface area contributed by atoms with Crippen molar-refractivity contribution < 1.29 is 9.90 Å². The number of hydrogen-bond acceptors (Lipinski definition) is 3. The van der Waals surface area contributed by atoms with Crippen molar-refractivity contribution in [2.45, 2.75) is 33.7 Å². The van der Waals surface area contributed by atoms with E-state index in [9.17, 15) is 9.90 Å². The van der Waals surface area contributed by atoms with Crippen molar-refractivity contribution >= 4 is 5.91 Å². The van der Waals surface area contributed by atoms with Gasteiger partial charge in [0.05, 0.1) is 5.56 Å². The van der Waals surface area contributed by atoms with E-state index < -0.39 is 0 Å². The lowest BCUT2D eigenvalue weighted by Gasteiger charge is -2.30. The van der Waals surface area contributed by atoms with Crippen LogP contribution >= 0.6 is 0 Å². The molecule has 1 aromatic carbocycles. The number of aryl methyl sites for hydroxylation is 1. The van der Waals surface area contributed by atoms with Crippen LogP contribution in [0.25, 0.3) is 0 Å². The summed E-state index contributed by atoms with van der Waals surface area (Å²) in [4.78, 5) is 12.1. The molecule has 4 heteroatoms. The minimum atomic E-state index is -0.294. The van der Waals surface area contributed by atoms with Crippen LogP contribution in [-0.2, 0) is 0 Å². The molecule has 0 aliphatic carbocycles. The lowest BCUT2D eigenvalue weighted by atomic mass is 9.86. The van der Waals surface area contributed by atoms with Crippen LogP contribution in [0, 0.1) is 12.3 Å². The molecule has 0 aromatic heterocycles. The van der Waals surface area contributed by atoms with Crippen LogP contribution in [0.15, 0.2) is 18.2 Å². The highest BCUT2D eigenvalue weighted by atomic mass is 16.3. The molecule has 0 aliphatic heterocycles. The third kappa shape index (κ3) is 3.47. The van der Waals surface area contributed by atoms with E-state index in [0.717, 1.165) is 5.56 Å². The van der Waals surface area contributed by atoms with Gasteiger partial charge in [-0.2, -0.15) is 0 Å². The van der Waals surface area contributed by atoms with Gasteiger partial charge in [0.25, 0.3) is 5.91 Å². The van der Waals surface area contributed by atoms with Gasteiger partial charge in [-0.1, -0.05) is 26.8 Å². The predicted molar refractivity (Wildman–Crippen MR) is 72.6 cm³/mol. The average Bonchev–Trinajstić information content (AvgIpc) is 2.23. The second kappa shape index (κ2) is 5.40. The van der Waals surface area contributed by atoms with E-state index in [2.05, 4.69) is 5.32 Å². The van der Waals surface area contributed by atoms with Crippen molar-refractivity contribution in [2.75, 3.05) is 6.54 Å². The predicted octanol–water partition coefficient (Wildman–Crippen LogP) is 1.80. The maximum atomic E-state index is 12.1. The highest BCUT2D eigenvalue weighted by Gasteiger charge is 2.25. The standard InChI is InChI=1S/C14H22N2O2/c1-9-5-6-10(11(17)7-9)13(18)16-12(8-15)14(2,3)4/h5-7,12,17H,8,15H2,1-4H3,(H,16,18). The summed E-state index contributed by atoms with van der Waals surface area (Å²) in [6.45, 7) is 8.26. The van der Waals surface area contributed by atoms with Gasteiger partial charge in [0.15, 0.2) is 0 Å². The van der Waals surface area contributed by atoms with Gasteiger partial charge in [-0.3, -0.25) is 4.79 Å². The van der Waals surface area contributed by atoms with Gasteiger partial charge in [0.2, 0.25) is 0 Å². The molecule has 0 spiro atoms. The van der Waals surface area contributed by atoms with Crippen molar-refractivity contribution in [3.8, 4) is 5.75 Å². The Bertz CT molecular complexity index is 436. The largest absolute Gasteiger partial charge is 0.507 e. The molecule has 0 fully saturated rings. The number of carbonyl (C=O) groups excluding carboxylic acids is 1. The first-order valence-electron chi connectivity index (χ1n) is 6.06. The van der Waals surface area contributed by atoms with Gasteiger partial charge in [-0.15, -0.1) is 0 Å². The molecule has 1 aromatic rings. The maximum absolute atomic E-state index is 12.1. The molecule has 4 N–H and O–H groups in total. The topological polar surface area (TPSA) is 75.4 Å². The number of carbonyl (C=O) groups is 1. The second-order valence-corrected chi connectivity index (χ2v) is 5.65. The summed E-state index contributed by atoms with van der Waals surface area (Å²) < 4.78 is 0. The number of hydrogen-bond donors (Lipinski definition) is 3. The molecule has 0 saturated heterocycles. The first kappa shape index (κ1) is 14.5. The Morgan fingerprint density at radius 2 is 2.06 bits per heavy atom. The molecule has 1 rings (SSSR count). The lowest BCUT2D eigenvalue weighted by Crippen LogP contribution is -2.48. The monoisotopic (exact) mass is 250 g/mol. The Kier molecular flexibility index (Phi) is 4.35. The van der Waals surface area contributed by atoms with E-state index in [-0.39, 0.29) is 28.7 Å². The summed E-state index contributed by atoms with van der Waals surface area (Å²) in [5.74, 6) is -0.296. The highest BCUT2D eigenvalue weighted by molar-refractivity contribution is 5.97. The van der Waals surface area contributed by atoms with E-state index in [0.29, 0.717) is 6.54 Å². The molecule has 0 radical (unpaired) electrons. The Morgan fingerprint density at radius 1 is 1.44 bits per heavy atom. The Balaban J connectivity index is 2.88. The van der Waals surface area contributed by atoms with Crippen LogP contribution in [0.3, 0.4) is 0 Å². The molecule has 1 atom stereocenters. The minimum absolute atomic E-state index is 0.00261. The van der Waals surface area contributed by atoms with E-state index in [1.54, 1.807) is 18.2 Å². The number of amides is 1. The molecule has 4 nitrogen and oxygen atoms in total. The summed E-state index contributed by atoms with van der Waals surface area (Å²) in [5.41, 5.74) is 6.74. The van der Waals surface area contributed by atoms with Crippen molar-refractivity contribution in [3.63, 3.8) is 0 Å². The Morgan fingerprint density at radius 3 is 2.50 bits per heavy atom. The van der Waals surface area contributed by atoms with Crippen LogP contribution < -0.4 is 11.1 Å². The number of nitrogens with two attached hydrogens (primary N) is 1. The van der Waals surface area contributed by atoms with Gasteiger partial charge in [0, 0.05) is 12.6 Å². The molecule has 0 aliphatic rings. The Hall–Kier alpha value is -1.55. The normalized spacial score (nSPS) is 13.2. The first-order valence-corrected chi connectivity index (χ1v) is 6.06. The molecule has 1 unspecified atom stereocenters. The van der Waals surface area contributed by atoms with Crippen molar-refractivity contribution in [1.29, 1.82) is 0 Å². The molecule has 1 amide bonds. The van der Waals surface area contributed by atoms with Crippen LogP contribution in [0.5, 0.6) is 5.75 Å². The average molecular weight is 250 g/mol. The SMILES string of the molecule is Cc1ccc(C(=O)NC(CN)C(C)(C)C)c(O)c1. The number of phenols is 1. The number of rotatable bonds is 3. The maximum Gasteiger partial charge on any atom is 0.255 e. The molecule has 0 saturated carbocycles. The lowest BCUT2D eigenvalue weighted by molar-refractivity contribution is 0.0903. The van der Waals surface area contributed by atoms with Gasteiger partial charge >= 0.3 is 0 Å². The van der Waals surface area contributed by atoms with E-state index in [1.807, 2.05) is 27.7 Å². The van der Waals surface area contributed by atoms with Gasteiger partial charge in [0.1, 0.15) is 5.75 Å². The third-order valence-electron chi connectivity index (χ3n) is 2.98. The smallest absolute Gasteiger partial charge is 0.255 e. The summed E-state index contributed by atoms with van der Waals surface area (Å²) in [6, 6.07) is 4.86. The molecule has 18 heavy (non-hydrogen) atoms. The number of benzene rings is 1. The van der Waals surface area contributed by atoms with Gasteiger partial charge in [-0.05, 0) is 30.0 Å². The summed E-state index contributed by atoms with van der Waals surface area (Å²) in [7, 11) is 0. The van der Waals surface area contributed by atoms with Crippen molar-refractivity contribution in [1.82, 2.24) is 5.32 Å². The van der Waals surface area contributed by atoms with Crippen LogP contribution in [0.4, 0.5) is 0 Å². The fraction of sp³-hybridized carbons (Fsp3) is 0.500. The zero-order valence-corrected chi connectivity index (χ0v) is 11.4. The summed E-state index contributed by atoms with van der Waals surface area (Å²) in [6.07, 6.45) is 0. The third-order valence-corrected chi connectivity index (χ3v) is 2.98. The van der Waals surface area contributed by atoms with Crippen LogP contribution in [-0.4, -0.2) is 23.6 Å². The second-order valence-electron chi connectivity index (χ2n) is 5.65. The number of aromatic hydroxyl groups is 1. The molecule has 100 valence electrons. The van der Waals surface area contributed by atoms with Crippen LogP contribution in [0.2, 0.25) is 0 Å². The van der Waals surface area contributed by atoms with Gasteiger partial charge in [-0.25, -0.2) is 0 Å². The molecule has 0 heterocycles. The van der Waals surface area contributed by atoms with Crippen molar-refractivity contribution in [2.24, 2.45) is 11.1 Å². The quantitative estimate of drug-likeness (QED) is 0.765. The summed E-state index contributed by atoms with van der Waals surface area (Å²) in [5, 5.41) is 12.6. The Labute approximate surface area is 108 Å². The number of phenolic OH excluding ortho intramolecular Hbond substituents is 1. The number of nitrogens with one attached hydrogen (secondary N) is 1. The minimum Gasteiger partial charge on any atom is -0.507 e. The van der Waals surface area contributed by atoms with E-state index in [1.165, 1.54) is 0 Å². The highest BCUT2D eigenvalue weighted by Crippen LogP contribution is 2.21. The molecule has 0 bridgehead atoms. The van der Waals surface area contributed by atoms with E-state index >= 15 is 0 Å². The molecular weight excluding hydrogens is 228 g/mol. The zero-order chi connectivity index (χ0) is 13.9. The fourth-order valence-corrected chi connectivity index (χ4v) is 1.70. The summed E-state index contributed by atoms with van der Waals surface area (Å²) >= 11 is 0. The fourth-order valence-electron chi connectivity index (χ4n) is 1.70. The van der Waals surface area contributed by atoms with Crippen molar-refractivity contribution in [3.05, 3.63) is 29.3 Å². The first-order chi connectivity index (χ1) is 8.25. The molecular formula is C14H22N2O2. The van der Waals surface area contributed by atoms with E-state index in [4.69, 9.17) is 5.73 Å². The van der Waals surface area contributed by atoms with Crippen LogP contribution in [0.1, 0.15) is 36.7 Å².